The number of rotatable bonds is 2. The molecule has 122 valence electrons. The van der Waals surface area contributed by atoms with E-state index in [1.807, 2.05) is 24.6 Å². The lowest BCUT2D eigenvalue weighted by Crippen LogP contribution is -2.02. The third-order valence-corrected chi connectivity index (χ3v) is 6.20. The van der Waals surface area contributed by atoms with Gasteiger partial charge in [0.1, 0.15) is 11.8 Å². The van der Waals surface area contributed by atoms with Crippen LogP contribution in [0.25, 0.3) is 10.2 Å². The molecule has 0 N–H and O–H groups in total. The van der Waals surface area contributed by atoms with E-state index in [0.29, 0.717) is 0 Å². The number of benzene rings is 2. The van der Waals surface area contributed by atoms with E-state index >= 15 is 0 Å². The Labute approximate surface area is 143 Å². The van der Waals surface area contributed by atoms with Crippen molar-refractivity contribution in [3.05, 3.63) is 58.6 Å². The molecule has 23 heavy (non-hydrogen) atoms. The smallest absolute Gasteiger partial charge is 0.270 e. The van der Waals surface area contributed by atoms with Gasteiger partial charge in [-0.05, 0) is 25.1 Å². The summed E-state index contributed by atoms with van der Waals surface area (Å²) in [5, 5.41) is 0.760. The van der Waals surface area contributed by atoms with Crippen molar-refractivity contribution in [2.24, 2.45) is 6.26 Å². The van der Waals surface area contributed by atoms with Gasteiger partial charge in [-0.1, -0.05) is 35.4 Å². The Morgan fingerprint density at radius 2 is 1.78 bits per heavy atom. The van der Waals surface area contributed by atoms with Crippen LogP contribution in [-0.4, -0.2) is 20.5 Å². The third-order valence-electron chi connectivity index (χ3n) is 3.17. The summed E-state index contributed by atoms with van der Waals surface area (Å²) in [5.41, 5.74) is 3.93. The number of hydrogen-bond donors (Lipinski definition) is 0. The number of halogens is 1. The minimum Gasteiger partial charge on any atom is -0.270 e. The Morgan fingerprint density at radius 3 is 2.35 bits per heavy atom. The van der Waals surface area contributed by atoms with Crippen LogP contribution in [0.3, 0.4) is 0 Å². The highest BCUT2D eigenvalue weighted by molar-refractivity contribution is 7.86. The lowest BCUT2D eigenvalue weighted by molar-refractivity contribution is 0.398. The summed E-state index contributed by atoms with van der Waals surface area (Å²) < 4.78 is 27.8. The molecule has 3 rings (SSSR count). The SMILES string of the molecule is COS(=O)(=O)c1ccc(C)cc1.C[s+]1cnc2c(Cl)cccc21. The van der Waals surface area contributed by atoms with E-state index in [9.17, 15) is 8.42 Å². The highest BCUT2D eigenvalue weighted by Gasteiger charge is 2.11. The quantitative estimate of drug-likeness (QED) is 0.492. The normalized spacial score (nSPS) is 11.9. The molecule has 0 aliphatic heterocycles. The topological polar surface area (TPSA) is 56.3 Å². The Bertz CT molecular complexity index is 903. The molecule has 0 aliphatic carbocycles. The van der Waals surface area contributed by atoms with Crippen LogP contribution in [0.15, 0.2) is 52.9 Å². The van der Waals surface area contributed by atoms with Crippen LogP contribution >= 0.6 is 22.1 Å². The van der Waals surface area contributed by atoms with Crippen LogP contribution in [0.4, 0.5) is 0 Å². The molecule has 1 heterocycles. The summed E-state index contributed by atoms with van der Waals surface area (Å²) in [6.07, 6.45) is 2.14. The van der Waals surface area contributed by atoms with Crippen LogP contribution < -0.4 is 0 Å². The van der Waals surface area contributed by atoms with E-state index in [1.165, 1.54) is 16.8 Å². The first-order valence-electron chi connectivity index (χ1n) is 6.70. The summed E-state index contributed by atoms with van der Waals surface area (Å²) in [6, 6.07) is 12.4. The number of nitrogens with zero attached hydrogens (tertiary/aromatic N) is 1. The molecule has 0 radical (unpaired) electrons. The summed E-state index contributed by atoms with van der Waals surface area (Å²) in [7, 11) is -2.20. The molecule has 1 unspecified atom stereocenters. The van der Waals surface area contributed by atoms with Gasteiger partial charge in [0.25, 0.3) is 10.1 Å². The fourth-order valence-corrected chi connectivity index (χ4v) is 3.95. The van der Waals surface area contributed by atoms with E-state index in [1.54, 1.807) is 12.1 Å². The first kappa shape index (κ1) is 17.9. The predicted octanol–water partition coefficient (Wildman–Crippen LogP) is 4.50. The summed E-state index contributed by atoms with van der Waals surface area (Å²) in [6.45, 7) is 1.89. The van der Waals surface area contributed by atoms with E-state index in [2.05, 4.69) is 21.5 Å². The Hall–Kier alpha value is -1.47. The number of thiazole rings is 1. The maximum Gasteiger partial charge on any atom is 0.296 e. The lowest BCUT2D eigenvalue weighted by atomic mass is 10.2. The minimum absolute atomic E-state index is 0.166. The largest absolute Gasteiger partial charge is 0.296 e. The van der Waals surface area contributed by atoms with Crippen molar-refractivity contribution >= 4 is 42.4 Å². The van der Waals surface area contributed by atoms with Crippen LogP contribution in [0.2, 0.25) is 5.02 Å². The maximum atomic E-state index is 11.1. The molecule has 0 saturated heterocycles. The molecule has 2 aromatic carbocycles. The third kappa shape index (κ3) is 4.29. The molecule has 3 aromatic rings. The van der Waals surface area contributed by atoms with Gasteiger partial charge in [0.15, 0.2) is 0 Å². The average Bonchev–Trinajstić information content (AvgIpc) is 2.91. The van der Waals surface area contributed by atoms with Gasteiger partial charge < -0.3 is 0 Å². The average molecular weight is 371 g/mol. The molecular weight excluding hydrogens is 354 g/mol. The summed E-state index contributed by atoms with van der Waals surface area (Å²) in [4.78, 5) is 4.43. The zero-order valence-corrected chi connectivity index (χ0v) is 15.4. The van der Waals surface area contributed by atoms with Gasteiger partial charge in [-0.3, -0.25) is 4.18 Å². The van der Waals surface area contributed by atoms with Crippen molar-refractivity contribution < 1.29 is 12.6 Å². The summed E-state index contributed by atoms with van der Waals surface area (Å²) in [5.74, 6) is 0. The zero-order valence-electron chi connectivity index (χ0n) is 13.0. The van der Waals surface area contributed by atoms with Crippen molar-refractivity contribution in [2.75, 3.05) is 7.11 Å². The second-order valence-corrected chi connectivity index (χ2v) is 8.70. The number of aromatic nitrogens is 1. The molecule has 0 saturated carbocycles. The number of fused-ring (bicyclic) bond motifs is 1. The van der Waals surface area contributed by atoms with E-state index in [0.717, 1.165) is 23.2 Å². The van der Waals surface area contributed by atoms with Gasteiger partial charge in [-0.25, -0.2) is 0 Å². The van der Waals surface area contributed by atoms with Crippen molar-refractivity contribution in [1.29, 1.82) is 0 Å². The maximum absolute atomic E-state index is 11.1. The molecule has 0 amide bonds. The predicted molar refractivity (Wildman–Crippen MR) is 95.6 cm³/mol. The Kier molecular flexibility index (Phi) is 5.75. The standard InChI is InChI=1S/C8H7ClNS.C8H10O3S/c1-11-5-10-8-6(9)3-2-4-7(8)11;1-7-3-5-8(6-4-7)12(9,10)11-2/h2-5H,1H3;3-6H,1-2H3/q+1;. The second kappa shape index (κ2) is 7.40. The first-order valence-corrected chi connectivity index (χ1v) is 10.2. The molecule has 0 spiro atoms. The number of para-hydroxylation sites is 1. The van der Waals surface area contributed by atoms with Crippen molar-refractivity contribution in [2.45, 2.75) is 11.8 Å². The van der Waals surface area contributed by atoms with Gasteiger partial charge in [0, 0.05) is 16.5 Å². The molecule has 0 fully saturated rings. The minimum atomic E-state index is -3.51. The Balaban J connectivity index is 0.000000167. The number of aryl methyl sites for hydroxylation is 2. The zero-order chi connectivity index (χ0) is 17.0. The van der Waals surface area contributed by atoms with E-state index in [4.69, 9.17) is 11.6 Å². The van der Waals surface area contributed by atoms with Gasteiger partial charge in [0.05, 0.1) is 17.0 Å². The van der Waals surface area contributed by atoms with Gasteiger partial charge in [-0.15, -0.1) is 0 Å². The highest BCUT2D eigenvalue weighted by atomic mass is 35.5. The Morgan fingerprint density at radius 1 is 1.13 bits per heavy atom. The van der Waals surface area contributed by atoms with Crippen LogP contribution in [0.5, 0.6) is 0 Å². The fraction of sp³-hybridized carbons (Fsp3) is 0.188. The van der Waals surface area contributed by atoms with Crippen molar-refractivity contribution in [3.8, 4) is 0 Å². The molecule has 4 nitrogen and oxygen atoms in total. The molecule has 1 aromatic heterocycles. The molecule has 0 bridgehead atoms. The van der Waals surface area contributed by atoms with Crippen molar-refractivity contribution in [1.82, 2.24) is 4.98 Å². The van der Waals surface area contributed by atoms with Crippen LogP contribution in [-0.2, 0) is 20.6 Å². The summed E-state index contributed by atoms with van der Waals surface area (Å²) >= 11 is 5.93. The van der Waals surface area contributed by atoms with Gasteiger partial charge >= 0.3 is 0 Å². The lowest BCUT2D eigenvalue weighted by Gasteiger charge is -2.00. The molecular formula is C16H17ClNO3S2+. The first-order chi connectivity index (χ1) is 10.8. The van der Waals surface area contributed by atoms with Crippen molar-refractivity contribution in [3.63, 3.8) is 0 Å². The number of hydrogen-bond acceptors (Lipinski definition) is 4. The van der Waals surface area contributed by atoms with E-state index < -0.39 is 10.1 Å². The van der Waals surface area contributed by atoms with E-state index in [-0.39, 0.29) is 15.4 Å². The van der Waals surface area contributed by atoms with Crippen LogP contribution in [0.1, 0.15) is 5.56 Å². The monoisotopic (exact) mass is 370 g/mol. The molecule has 1 atom stereocenters. The fourth-order valence-electron chi connectivity index (χ4n) is 1.87. The van der Waals surface area contributed by atoms with Crippen LogP contribution in [0, 0.1) is 6.92 Å². The highest BCUT2D eigenvalue weighted by Crippen LogP contribution is 2.30. The molecule has 7 heteroatoms. The molecule has 0 aliphatic rings. The van der Waals surface area contributed by atoms with Gasteiger partial charge in [-0.2, -0.15) is 13.4 Å². The van der Waals surface area contributed by atoms with Gasteiger partial charge in [0.2, 0.25) is 10.2 Å². The second-order valence-electron chi connectivity index (χ2n) is 4.81.